The Bertz CT molecular complexity index is 301. The summed E-state index contributed by atoms with van der Waals surface area (Å²) in [4.78, 5) is 0. The van der Waals surface area contributed by atoms with Crippen LogP contribution in [-0.4, -0.2) is 34.0 Å². The summed E-state index contributed by atoms with van der Waals surface area (Å²) in [5.74, 6) is 0. The lowest BCUT2D eigenvalue weighted by molar-refractivity contribution is 0.554. The van der Waals surface area contributed by atoms with Crippen molar-refractivity contribution < 1.29 is 4.57 Å². The maximum Gasteiger partial charge on any atom is 0.0948 e. The minimum atomic E-state index is -1.94. The maximum atomic E-state index is 12.3. The van der Waals surface area contributed by atoms with Crippen LogP contribution < -0.4 is 0 Å². The molecule has 0 fully saturated rings. The van der Waals surface area contributed by atoms with Crippen LogP contribution in [0.5, 0.6) is 0 Å². The Morgan fingerprint density at radius 3 is 0.682 bits per heavy atom. The van der Waals surface area contributed by atoms with Crippen molar-refractivity contribution in [2.24, 2.45) is 0 Å². The van der Waals surface area contributed by atoms with Gasteiger partial charge < -0.3 is 4.57 Å². The first-order valence-electron chi connectivity index (χ1n) is 8.84. The van der Waals surface area contributed by atoms with E-state index in [1.807, 2.05) is 0 Å². The molecule has 136 valence electrons. The Balaban J connectivity index is 0. The molecule has 0 aromatic rings. The van der Waals surface area contributed by atoms with Gasteiger partial charge in [-0.2, -0.15) is 0 Å². The average Bonchev–Trinajstić information content (AvgIpc) is 2.35. The van der Waals surface area contributed by atoms with Gasteiger partial charge in [0, 0.05) is 17.0 Å². The van der Waals surface area contributed by atoms with E-state index in [0.29, 0.717) is 34.0 Å². The second-order valence-electron chi connectivity index (χ2n) is 8.09. The monoisotopic (exact) mass is 368 g/mol. The van der Waals surface area contributed by atoms with Gasteiger partial charge in [-0.3, -0.25) is 0 Å². The first-order chi connectivity index (χ1) is 9.66. The summed E-state index contributed by atoms with van der Waals surface area (Å²) in [6.45, 7) is 26.1. The van der Waals surface area contributed by atoms with Crippen molar-refractivity contribution in [1.29, 1.82) is 0 Å². The number of hydrogen-bond acceptors (Lipinski definition) is 2. The molecule has 0 saturated heterocycles. The lowest BCUT2D eigenvalue weighted by Crippen LogP contribution is -2.16. The second-order valence-corrected chi connectivity index (χ2v) is 19.2. The predicted octanol–water partition coefficient (Wildman–Crippen LogP) is 7.27. The van der Waals surface area contributed by atoms with Gasteiger partial charge >= 0.3 is 0 Å². The Morgan fingerprint density at radius 2 is 0.682 bits per heavy atom. The zero-order valence-corrected chi connectivity index (χ0v) is 19.8. The third kappa shape index (κ3) is 6.07. The standard InChI is InChI=1S/C9H21OP.C9H21PS/c1-7(2)11(10,8(3)4)9(5)6;1-7(2)10(11,8(3)4)9(5)6/h2*7-9H,1-6H3. The topological polar surface area (TPSA) is 17.1 Å². The summed E-state index contributed by atoms with van der Waals surface area (Å²) in [6.07, 6.45) is 0. The fourth-order valence-corrected chi connectivity index (χ4v) is 10.7. The van der Waals surface area contributed by atoms with Crippen LogP contribution in [0, 0.1) is 0 Å². The lowest BCUT2D eigenvalue weighted by atomic mass is 10.5. The Kier molecular flexibility index (Phi) is 11.4. The van der Waals surface area contributed by atoms with Gasteiger partial charge in [0.2, 0.25) is 0 Å². The highest BCUT2D eigenvalue weighted by Gasteiger charge is 2.33. The van der Waals surface area contributed by atoms with Gasteiger partial charge in [0.05, 0.1) is 7.14 Å². The van der Waals surface area contributed by atoms with Crippen LogP contribution in [0.2, 0.25) is 0 Å². The summed E-state index contributed by atoms with van der Waals surface area (Å²) in [7, 11) is -1.94. The minimum Gasteiger partial charge on any atom is -0.323 e. The lowest BCUT2D eigenvalue weighted by Gasteiger charge is -2.34. The van der Waals surface area contributed by atoms with Crippen molar-refractivity contribution in [3.05, 3.63) is 0 Å². The van der Waals surface area contributed by atoms with Crippen LogP contribution in [0.3, 0.4) is 0 Å². The molecule has 0 amide bonds. The van der Waals surface area contributed by atoms with Crippen LogP contribution in [0.25, 0.3) is 0 Å². The van der Waals surface area contributed by atoms with E-state index in [1.165, 1.54) is 0 Å². The molecule has 0 aliphatic carbocycles. The molecule has 0 saturated carbocycles. The molecule has 0 aliphatic heterocycles. The largest absolute Gasteiger partial charge is 0.323 e. The quantitative estimate of drug-likeness (QED) is 0.459. The van der Waals surface area contributed by atoms with Crippen molar-refractivity contribution in [3.8, 4) is 0 Å². The molecule has 0 spiro atoms. The number of rotatable bonds is 6. The molecule has 0 heterocycles. The molecule has 0 unspecified atom stereocenters. The van der Waals surface area contributed by atoms with E-state index in [0.717, 1.165) is 0 Å². The highest BCUT2D eigenvalue weighted by Crippen LogP contribution is 2.59. The molecule has 1 nitrogen and oxygen atoms in total. The summed E-state index contributed by atoms with van der Waals surface area (Å²) in [6, 6.07) is -1.10. The molecule has 0 aliphatic rings. The maximum absolute atomic E-state index is 12.3. The Labute approximate surface area is 146 Å². The van der Waals surface area contributed by atoms with Gasteiger partial charge in [-0.25, -0.2) is 0 Å². The molecular weight excluding hydrogens is 326 g/mol. The molecule has 0 atom stereocenters. The van der Waals surface area contributed by atoms with Gasteiger partial charge in [0.1, 0.15) is 0 Å². The van der Waals surface area contributed by atoms with Gasteiger partial charge in [-0.05, 0) is 23.0 Å². The molecule has 0 bridgehead atoms. The molecule has 0 rings (SSSR count). The first-order valence-corrected chi connectivity index (χ1v) is 13.8. The molecule has 22 heavy (non-hydrogen) atoms. The molecule has 0 aromatic carbocycles. The highest BCUT2D eigenvalue weighted by atomic mass is 32.4. The van der Waals surface area contributed by atoms with Crippen LogP contribution in [0.15, 0.2) is 0 Å². The smallest absolute Gasteiger partial charge is 0.0948 e. The van der Waals surface area contributed by atoms with Gasteiger partial charge in [-0.1, -0.05) is 94.9 Å². The van der Waals surface area contributed by atoms with Crippen LogP contribution >= 0.6 is 13.2 Å². The van der Waals surface area contributed by atoms with Crippen molar-refractivity contribution in [2.75, 3.05) is 0 Å². The SMILES string of the molecule is CC(C)P(=O)(C(C)C)C(C)C.CC(C)P(=S)(C(C)C)C(C)C. The molecule has 0 aromatic heterocycles. The summed E-state index contributed by atoms with van der Waals surface area (Å²) in [5.41, 5.74) is 3.12. The molecule has 0 N–H and O–H groups in total. The second kappa shape index (κ2) is 10.0. The molecule has 0 radical (unpaired) electrons. The van der Waals surface area contributed by atoms with Gasteiger partial charge in [0.25, 0.3) is 0 Å². The van der Waals surface area contributed by atoms with E-state index in [4.69, 9.17) is 11.8 Å². The number of hydrogen-bond donors (Lipinski definition) is 0. The minimum absolute atomic E-state index is 0.336. The van der Waals surface area contributed by atoms with Crippen molar-refractivity contribution >= 4 is 25.0 Å². The normalized spacial score (nSPS) is 13.5. The van der Waals surface area contributed by atoms with Crippen LogP contribution in [0.4, 0.5) is 0 Å². The third-order valence-electron chi connectivity index (χ3n) is 4.84. The fraction of sp³-hybridized carbons (Fsp3) is 1.00. The van der Waals surface area contributed by atoms with E-state index in [-0.39, 0.29) is 0 Å². The Hall–Kier alpha value is 0.880. The van der Waals surface area contributed by atoms with E-state index in [1.54, 1.807) is 0 Å². The van der Waals surface area contributed by atoms with Gasteiger partial charge in [-0.15, -0.1) is 0 Å². The average molecular weight is 369 g/mol. The van der Waals surface area contributed by atoms with E-state index < -0.39 is 13.2 Å². The van der Waals surface area contributed by atoms with E-state index in [9.17, 15) is 4.57 Å². The van der Waals surface area contributed by atoms with Crippen molar-refractivity contribution in [1.82, 2.24) is 0 Å². The zero-order chi connectivity index (χ0) is 18.5. The van der Waals surface area contributed by atoms with E-state index in [2.05, 4.69) is 83.1 Å². The summed E-state index contributed by atoms with van der Waals surface area (Å²) in [5, 5.41) is 0. The highest BCUT2D eigenvalue weighted by molar-refractivity contribution is 8.15. The summed E-state index contributed by atoms with van der Waals surface area (Å²) < 4.78 is 12.3. The zero-order valence-electron chi connectivity index (χ0n) is 17.2. The summed E-state index contributed by atoms with van der Waals surface area (Å²) >= 11 is 5.78. The van der Waals surface area contributed by atoms with Gasteiger partial charge in [0.15, 0.2) is 0 Å². The van der Waals surface area contributed by atoms with Crippen molar-refractivity contribution in [2.45, 2.75) is 117 Å². The van der Waals surface area contributed by atoms with Crippen molar-refractivity contribution in [3.63, 3.8) is 0 Å². The Morgan fingerprint density at radius 1 is 0.500 bits per heavy atom. The third-order valence-corrected chi connectivity index (χ3v) is 18.3. The molecular formula is C18H42OP2S. The van der Waals surface area contributed by atoms with Crippen LogP contribution in [-0.2, 0) is 16.4 Å². The van der Waals surface area contributed by atoms with Crippen LogP contribution in [0.1, 0.15) is 83.1 Å². The first kappa shape index (κ1) is 25.1. The fourth-order valence-electron chi connectivity index (χ4n) is 3.58. The van der Waals surface area contributed by atoms with E-state index >= 15 is 0 Å². The molecule has 4 heteroatoms. The predicted molar refractivity (Wildman–Crippen MR) is 113 cm³/mol.